The normalized spacial score (nSPS) is 15.1. The predicted molar refractivity (Wildman–Crippen MR) is 114 cm³/mol. The van der Waals surface area contributed by atoms with Gasteiger partial charge in [-0.05, 0) is 43.2 Å². The standard InChI is InChI=1S/C21H23ClF2N2O4S/c1-30-20-10-8-16(12-17(20)22)31(28,29)26(15-5-3-2-4-6-15)13-21(27)25-19-9-7-14(23)11-18(19)24/h7-12,15H,2-6,13H2,1H3,(H,25,27). The fourth-order valence-electron chi connectivity index (χ4n) is 3.64. The number of nitrogens with zero attached hydrogens (tertiary/aromatic N) is 1. The average Bonchev–Trinajstić information content (AvgIpc) is 2.74. The van der Waals surface area contributed by atoms with E-state index in [-0.39, 0.29) is 21.6 Å². The molecule has 0 heterocycles. The molecule has 0 unspecified atom stereocenters. The first-order chi connectivity index (χ1) is 14.7. The number of nitrogens with one attached hydrogen (secondary N) is 1. The quantitative estimate of drug-likeness (QED) is 0.639. The van der Waals surface area contributed by atoms with Crippen LogP contribution in [0.5, 0.6) is 5.75 Å². The molecule has 2 aromatic rings. The van der Waals surface area contributed by atoms with Gasteiger partial charge in [-0.25, -0.2) is 17.2 Å². The van der Waals surface area contributed by atoms with Crippen LogP contribution in [0.4, 0.5) is 14.5 Å². The van der Waals surface area contributed by atoms with E-state index in [0.717, 1.165) is 35.7 Å². The molecule has 1 amide bonds. The number of anilines is 1. The topological polar surface area (TPSA) is 75.7 Å². The van der Waals surface area contributed by atoms with Crippen molar-refractivity contribution in [2.75, 3.05) is 19.0 Å². The second kappa shape index (κ2) is 9.93. The number of hydrogen-bond acceptors (Lipinski definition) is 4. The third kappa shape index (κ3) is 5.53. The highest BCUT2D eigenvalue weighted by Crippen LogP contribution is 2.32. The molecule has 1 aliphatic rings. The molecule has 0 radical (unpaired) electrons. The maximum Gasteiger partial charge on any atom is 0.243 e. The second-order valence-corrected chi connectivity index (χ2v) is 9.61. The van der Waals surface area contributed by atoms with E-state index in [1.807, 2.05) is 0 Å². The molecule has 0 bridgehead atoms. The van der Waals surface area contributed by atoms with E-state index in [0.29, 0.717) is 24.7 Å². The molecule has 0 aliphatic heterocycles. The van der Waals surface area contributed by atoms with Crippen LogP contribution in [0.15, 0.2) is 41.3 Å². The molecule has 1 N–H and O–H groups in total. The second-order valence-electron chi connectivity index (χ2n) is 7.31. The van der Waals surface area contributed by atoms with Gasteiger partial charge in [-0.15, -0.1) is 0 Å². The van der Waals surface area contributed by atoms with Crippen LogP contribution < -0.4 is 10.1 Å². The minimum atomic E-state index is -4.07. The summed E-state index contributed by atoms with van der Waals surface area (Å²) in [5.74, 6) is -2.12. The summed E-state index contributed by atoms with van der Waals surface area (Å²) in [5.41, 5.74) is -0.222. The predicted octanol–water partition coefficient (Wildman–Crippen LogP) is 4.59. The van der Waals surface area contributed by atoms with Crippen molar-refractivity contribution in [3.05, 3.63) is 53.1 Å². The molecule has 1 fully saturated rings. The van der Waals surface area contributed by atoms with E-state index >= 15 is 0 Å². The van der Waals surface area contributed by atoms with Gasteiger partial charge in [0.25, 0.3) is 0 Å². The zero-order chi connectivity index (χ0) is 22.6. The largest absolute Gasteiger partial charge is 0.495 e. The third-order valence-corrected chi connectivity index (χ3v) is 7.41. The van der Waals surface area contributed by atoms with Crippen LogP contribution in [0, 0.1) is 11.6 Å². The molecule has 6 nitrogen and oxygen atoms in total. The first-order valence-electron chi connectivity index (χ1n) is 9.82. The van der Waals surface area contributed by atoms with Gasteiger partial charge in [0.2, 0.25) is 15.9 Å². The SMILES string of the molecule is COc1ccc(S(=O)(=O)N(CC(=O)Nc2ccc(F)cc2F)C2CCCCC2)cc1Cl. The van der Waals surface area contributed by atoms with E-state index < -0.39 is 34.1 Å². The number of carbonyl (C=O) groups is 1. The van der Waals surface area contributed by atoms with Gasteiger partial charge in [-0.2, -0.15) is 4.31 Å². The zero-order valence-electron chi connectivity index (χ0n) is 16.9. The highest BCUT2D eigenvalue weighted by Gasteiger charge is 2.34. The maximum atomic E-state index is 13.9. The number of carbonyl (C=O) groups excluding carboxylic acids is 1. The summed E-state index contributed by atoms with van der Waals surface area (Å²) < 4.78 is 60.0. The molecule has 1 aliphatic carbocycles. The Labute approximate surface area is 185 Å². The molecule has 0 atom stereocenters. The smallest absolute Gasteiger partial charge is 0.243 e. The average molecular weight is 473 g/mol. The fourth-order valence-corrected chi connectivity index (χ4v) is 5.63. The van der Waals surface area contributed by atoms with Crippen LogP contribution in [0.2, 0.25) is 5.02 Å². The molecule has 2 aromatic carbocycles. The van der Waals surface area contributed by atoms with E-state index in [9.17, 15) is 22.0 Å². The number of sulfonamides is 1. The van der Waals surface area contributed by atoms with Gasteiger partial charge in [0.05, 0.1) is 29.3 Å². The molecule has 3 rings (SSSR count). The van der Waals surface area contributed by atoms with Crippen molar-refractivity contribution in [3.8, 4) is 5.75 Å². The van der Waals surface area contributed by atoms with Gasteiger partial charge in [0, 0.05) is 12.1 Å². The fraction of sp³-hybridized carbons (Fsp3) is 0.381. The highest BCUT2D eigenvalue weighted by atomic mass is 35.5. The lowest BCUT2D eigenvalue weighted by Gasteiger charge is -2.33. The van der Waals surface area contributed by atoms with Crippen LogP contribution in [0.25, 0.3) is 0 Å². The Morgan fingerprint density at radius 1 is 1.16 bits per heavy atom. The molecular formula is C21H23ClF2N2O4S. The van der Waals surface area contributed by atoms with Crippen molar-refractivity contribution >= 4 is 33.2 Å². The van der Waals surface area contributed by atoms with E-state index in [1.165, 1.54) is 25.3 Å². The van der Waals surface area contributed by atoms with Crippen molar-refractivity contribution in [2.45, 2.75) is 43.0 Å². The summed E-state index contributed by atoms with van der Waals surface area (Å²) in [7, 11) is -2.65. The monoisotopic (exact) mass is 472 g/mol. The Bertz CT molecular complexity index is 1060. The Balaban J connectivity index is 1.88. The zero-order valence-corrected chi connectivity index (χ0v) is 18.5. The van der Waals surface area contributed by atoms with Gasteiger partial charge in [-0.3, -0.25) is 4.79 Å². The molecule has 10 heteroatoms. The first-order valence-corrected chi connectivity index (χ1v) is 11.6. The molecule has 168 valence electrons. The van der Waals surface area contributed by atoms with E-state index in [2.05, 4.69) is 5.32 Å². The van der Waals surface area contributed by atoms with Crippen molar-refractivity contribution < 1.29 is 26.7 Å². The van der Waals surface area contributed by atoms with Crippen LogP contribution in [-0.2, 0) is 14.8 Å². The molecule has 31 heavy (non-hydrogen) atoms. The van der Waals surface area contributed by atoms with Crippen molar-refractivity contribution in [3.63, 3.8) is 0 Å². The summed E-state index contributed by atoms with van der Waals surface area (Å²) in [6, 6.07) is 6.46. The van der Waals surface area contributed by atoms with Gasteiger partial charge < -0.3 is 10.1 Å². The molecule has 1 saturated carbocycles. The Hall–Kier alpha value is -2.23. The number of rotatable bonds is 7. The Morgan fingerprint density at radius 3 is 2.48 bits per heavy atom. The Kier molecular flexibility index (Phi) is 7.51. The van der Waals surface area contributed by atoms with Gasteiger partial charge >= 0.3 is 0 Å². The summed E-state index contributed by atoms with van der Waals surface area (Å²) >= 11 is 6.11. The van der Waals surface area contributed by atoms with Crippen molar-refractivity contribution in [2.24, 2.45) is 0 Å². The summed E-state index contributed by atoms with van der Waals surface area (Å²) in [6.45, 7) is -0.506. The van der Waals surface area contributed by atoms with Crippen LogP contribution in [0.3, 0.4) is 0 Å². The van der Waals surface area contributed by atoms with Crippen molar-refractivity contribution in [1.82, 2.24) is 4.31 Å². The van der Waals surface area contributed by atoms with Gasteiger partial charge in [0.1, 0.15) is 17.4 Å². The van der Waals surface area contributed by atoms with Crippen molar-refractivity contribution in [1.29, 1.82) is 0 Å². The highest BCUT2D eigenvalue weighted by molar-refractivity contribution is 7.89. The Morgan fingerprint density at radius 2 is 1.87 bits per heavy atom. The van der Waals surface area contributed by atoms with Crippen LogP contribution in [-0.4, -0.2) is 38.3 Å². The minimum absolute atomic E-state index is 0.0652. The van der Waals surface area contributed by atoms with Crippen LogP contribution >= 0.6 is 11.6 Å². The number of methoxy groups -OCH3 is 1. The number of amides is 1. The first kappa shape index (κ1) is 23.4. The lowest BCUT2D eigenvalue weighted by atomic mass is 9.95. The summed E-state index contributed by atoms with van der Waals surface area (Å²) in [6.07, 6.45) is 3.90. The molecular weight excluding hydrogens is 450 g/mol. The van der Waals surface area contributed by atoms with Gasteiger partial charge in [-0.1, -0.05) is 30.9 Å². The molecule has 0 aromatic heterocycles. The van der Waals surface area contributed by atoms with Crippen LogP contribution in [0.1, 0.15) is 32.1 Å². The maximum absolute atomic E-state index is 13.9. The van der Waals surface area contributed by atoms with Gasteiger partial charge in [0.15, 0.2) is 0 Å². The lowest BCUT2D eigenvalue weighted by Crippen LogP contribution is -2.45. The lowest BCUT2D eigenvalue weighted by molar-refractivity contribution is -0.116. The molecule has 0 spiro atoms. The number of ether oxygens (including phenoxy) is 1. The number of halogens is 3. The number of benzene rings is 2. The van der Waals surface area contributed by atoms with E-state index in [1.54, 1.807) is 0 Å². The summed E-state index contributed by atoms with van der Waals surface area (Å²) in [4.78, 5) is 12.6. The third-order valence-electron chi connectivity index (χ3n) is 5.22. The van der Waals surface area contributed by atoms with E-state index in [4.69, 9.17) is 16.3 Å². The molecule has 0 saturated heterocycles. The number of hydrogen-bond donors (Lipinski definition) is 1. The summed E-state index contributed by atoms with van der Waals surface area (Å²) in [5, 5.41) is 2.46. The minimum Gasteiger partial charge on any atom is -0.495 e.